The van der Waals surface area contributed by atoms with Crippen molar-refractivity contribution >= 4 is 17.7 Å². The standard InChI is InChI=1S/C25H36N2/c1-16(2)20-11-9-12-21(17(3)4)24(20)27(15-26)25-22(18(5)6)13-10-14-23(25)19(7)8/h9-19,26H,1-8H3. The van der Waals surface area contributed by atoms with Crippen molar-refractivity contribution in [3.8, 4) is 0 Å². The van der Waals surface area contributed by atoms with Crippen molar-refractivity contribution in [1.82, 2.24) is 0 Å². The van der Waals surface area contributed by atoms with Gasteiger partial charge in [0.1, 0.15) is 0 Å². The molecule has 27 heavy (non-hydrogen) atoms. The molecule has 146 valence electrons. The molecule has 0 aliphatic heterocycles. The minimum Gasteiger partial charge on any atom is -0.300 e. The van der Waals surface area contributed by atoms with Gasteiger partial charge in [0.15, 0.2) is 0 Å². The summed E-state index contributed by atoms with van der Waals surface area (Å²) in [5.74, 6) is 1.59. The molecule has 2 heteroatoms. The maximum atomic E-state index is 8.39. The number of benzene rings is 2. The van der Waals surface area contributed by atoms with E-state index in [0.29, 0.717) is 23.7 Å². The average Bonchev–Trinajstić information content (AvgIpc) is 2.61. The van der Waals surface area contributed by atoms with E-state index in [4.69, 9.17) is 5.41 Å². The summed E-state index contributed by atoms with van der Waals surface area (Å²) < 4.78 is 0. The second-order valence-electron chi connectivity index (χ2n) is 8.69. The Morgan fingerprint density at radius 1 is 0.593 bits per heavy atom. The van der Waals surface area contributed by atoms with Crippen LogP contribution in [0, 0.1) is 5.41 Å². The Morgan fingerprint density at radius 2 is 0.852 bits per heavy atom. The molecule has 0 spiro atoms. The van der Waals surface area contributed by atoms with Crippen LogP contribution in [0.5, 0.6) is 0 Å². The zero-order valence-electron chi connectivity index (χ0n) is 18.3. The maximum Gasteiger partial charge on any atom is 0.0908 e. The van der Waals surface area contributed by atoms with E-state index in [-0.39, 0.29) is 0 Å². The zero-order valence-corrected chi connectivity index (χ0v) is 18.3. The Hall–Kier alpha value is -2.09. The molecule has 0 radical (unpaired) electrons. The second kappa shape index (κ2) is 8.73. The smallest absolute Gasteiger partial charge is 0.0908 e. The van der Waals surface area contributed by atoms with Crippen molar-refractivity contribution < 1.29 is 0 Å². The first-order chi connectivity index (χ1) is 12.7. The molecule has 0 amide bonds. The third-order valence-electron chi connectivity index (χ3n) is 5.30. The van der Waals surface area contributed by atoms with Gasteiger partial charge in [0.2, 0.25) is 0 Å². The highest BCUT2D eigenvalue weighted by molar-refractivity contribution is 5.93. The van der Waals surface area contributed by atoms with E-state index in [1.54, 1.807) is 0 Å². The van der Waals surface area contributed by atoms with Crippen LogP contribution in [0.1, 0.15) is 101 Å². The van der Waals surface area contributed by atoms with Gasteiger partial charge in [-0.05, 0) is 45.9 Å². The highest BCUT2D eigenvalue weighted by Gasteiger charge is 2.25. The topological polar surface area (TPSA) is 27.1 Å². The zero-order chi connectivity index (χ0) is 20.3. The van der Waals surface area contributed by atoms with E-state index in [2.05, 4.69) is 96.7 Å². The molecule has 2 aromatic rings. The fraction of sp³-hybridized carbons (Fsp3) is 0.480. The van der Waals surface area contributed by atoms with Gasteiger partial charge in [0.25, 0.3) is 0 Å². The summed E-state index contributed by atoms with van der Waals surface area (Å²) in [7, 11) is 0. The highest BCUT2D eigenvalue weighted by atomic mass is 15.2. The van der Waals surface area contributed by atoms with Gasteiger partial charge in [-0.1, -0.05) is 91.8 Å². The van der Waals surface area contributed by atoms with Crippen LogP contribution < -0.4 is 4.90 Å². The number of nitrogens with one attached hydrogen (secondary N) is 1. The minimum absolute atomic E-state index is 0.398. The Labute approximate surface area is 166 Å². The number of anilines is 2. The molecule has 0 heterocycles. The SMILES string of the molecule is CC(C)c1cccc(C(C)C)c1N(C=N)c1c(C(C)C)cccc1C(C)C. The van der Waals surface area contributed by atoms with Gasteiger partial charge in [0.05, 0.1) is 17.7 Å². The molecule has 0 aliphatic carbocycles. The fourth-order valence-electron chi connectivity index (χ4n) is 3.82. The predicted octanol–water partition coefficient (Wildman–Crippen LogP) is 7.93. The lowest BCUT2D eigenvalue weighted by Crippen LogP contribution is -2.22. The van der Waals surface area contributed by atoms with Crippen LogP contribution in [0.15, 0.2) is 36.4 Å². The Morgan fingerprint density at radius 3 is 1.04 bits per heavy atom. The monoisotopic (exact) mass is 364 g/mol. The lowest BCUT2D eigenvalue weighted by atomic mass is 9.88. The van der Waals surface area contributed by atoms with Gasteiger partial charge in [-0.25, -0.2) is 0 Å². The Kier molecular flexibility index (Phi) is 6.86. The van der Waals surface area contributed by atoms with Crippen LogP contribution in [-0.4, -0.2) is 6.34 Å². The van der Waals surface area contributed by atoms with Crippen molar-refractivity contribution in [3.63, 3.8) is 0 Å². The van der Waals surface area contributed by atoms with E-state index in [1.165, 1.54) is 40.0 Å². The van der Waals surface area contributed by atoms with Crippen LogP contribution in [0.2, 0.25) is 0 Å². The average molecular weight is 365 g/mol. The van der Waals surface area contributed by atoms with E-state index in [9.17, 15) is 0 Å². The van der Waals surface area contributed by atoms with E-state index < -0.39 is 0 Å². The summed E-state index contributed by atoms with van der Waals surface area (Å²) in [6, 6.07) is 13.2. The molecule has 0 atom stereocenters. The molecular weight excluding hydrogens is 328 g/mol. The maximum absolute atomic E-state index is 8.39. The van der Waals surface area contributed by atoms with Crippen LogP contribution in [-0.2, 0) is 0 Å². The molecule has 2 nitrogen and oxygen atoms in total. The highest BCUT2D eigenvalue weighted by Crippen LogP contribution is 2.43. The third-order valence-corrected chi connectivity index (χ3v) is 5.30. The van der Waals surface area contributed by atoms with Gasteiger partial charge in [-0.2, -0.15) is 0 Å². The predicted molar refractivity (Wildman–Crippen MR) is 120 cm³/mol. The van der Waals surface area contributed by atoms with E-state index in [1.807, 2.05) is 0 Å². The molecule has 1 N–H and O–H groups in total. The lowest BCUT2D eigenvalue weighted by molar-refractivity contribution is 0.818. The molecule has 2 aromatic carbocycles. The van der Waals surface area contributed by atoms with Gasteiger partial charge >= 0.3 is 0 Å². The van der Waals surface area contributed by atoms with Crippen molar-refractivity contribution in [2.24, 2.45) is 0 Å². The van der Waals surface area contributed by atoms with Crippen LogP contribution in [0.3, 0.4) is 0 Å². The Balaban J connectivity index is 2.89. The normalized spacial score (nSPS) is 11.7. The van der Waals surface area contributed by atoms with Gasteiger partial charge < -0.3 is 4.90 Å². The van der Waals surface area contributed by atoms with Crippen LogP contribution in [0.25, 0.3) is 0 Å². The first-order valence-corrected chi connectivity index (χ1v) is 10.3. The van der Waals surface area contributed by atoms with Gasteiger partial charge in [-0.3, -0.25) is 5.41 Å². The molecule has 0 saturated heterocycles. The molecule has 0 saturated carbocycles. The first kappa shape index (κ1) is 21.2. The summed E-state index contributed by atoms with van der Waals surface area (Å²) in [6.45, 7) is 17.9. The van der Waals surface area contributed by atoms with E-state index in [0.717, 1.165) is 0 Å². The van der Waals surface area contributed by atoms with Gasteiger partial charge in [-0.15, -0.1) is 0 Å². The number of nitrogens with zero attached hydrogens (tertiary/aromatic N) is 1. The minimum atomic E-state index is 0.398. The number of para-hydroxylation sites is 2. The first-order valence-electron chi connectivity index (χ1n) is 10.3. The molecule has 0 aromatic heterocycles. The number of hydrogen-bond acceptors (Lipinski definition) is 1. The van der Waals surface area contributed by atoms with Crippen molar-refractivity contribution in [1.29, 1.82) is 5.41 Å². The quantitative estimate of drug-likeness (QED) is 0.392. The summed E-state index contributed by atoms with van der Waals surface area (Å²) in [5.41, 5.74) is 7.59. The molecular formula is C25H36N2. The molecule has 0 unspecified atom stereocenters. The van der Waals surface area contributed by atoms with Crippen molar-refractivity contribution in [2.75, 3.05) is 4.90 Å². The summed E-state index contributed by atoms with van der Waals surface area (Å²) in [4.78, 5) is 2.15. The van der Waals surface area contributed by atoms with E-state index >= 15 is 0 Å². The van der Waals surface area contributed by atoms with Crippen molar-refractivity contribution in [3.05, 3.63) is 58.7 Å². The Bertz CT molecular complexity index is 669. The molecule has 0 fully saturated rings. The third kappa shape index (κ3) is 4.26. The van der Waals surface area contributed by atoms with Crippen molar-refractivity contribution in [2.45, 2.75) is 79.1 Å². The summed E-state index contributed by atoms with van der Waals surface area (Å²) in [5, 5.41) is 8.39. The summed E-state index contributed by atoms with van der Waals surface area (Å²) >= 11 is 0. The fourth-order valence-corrected chi connectivity index (χ4v) is 3.82. The molecule has 0 aliphatic rings. The van der Waals surface area contributed by atoms with Crippen LogP contribution in [0.4, 0.5) is 11.4 Å². The number of rotatable bonds is 7. The molecule has 0 bridgehead atoms. The number of hydrogen-bond donors (Lipinski definition) is 1. The summed E-state index contributed by atoms with van der Waals surface area (Å²) in [6.07, 6.45) is 1.51. The largest absolute Gasteiger partial charge is 0.300 e. The van der Waals surface area contributed by atoms with Gasteiger partial charge in [0, 0.05) is 0 Å². The van der Waals surface area contributed by atoms with Crippen LogP contribution >= 0.6 is 0 Å². The molecule has 2 rings (SSSR count). The lowest BCUT2D eigenvalue weighted by Gasteiger charge is -2.33. The second-order valence-corrected chi connectivity index (χ2v) is 8.69.